The highest BCUT2D eigenvalue weighted by Gasteiger charge is 2.38. The molecule has 2 aliphatic rings. The number of ether oxygens (including phenoxy) is 1. The normalized spacial score (nSPS) is 26.0. The van der Waals surface area contributed by atoms with Crippen molar-refractivity contribution >= 4 is 11.8 Å². The second-order valence-corrected chi connectivity index (χ2v) is 7.06. The van der Waals surface area contributed by atoms with Gasteiger partial charge in [0.1, 0.15) is 0 Å². The summed E-state index contributed by atoms with van der Waals surface area (Å²) >= 11 is 0. The molecule has 2 fully saturated rings. The Morgan fingerprint density at radius 1 is 1.38 bits per heavy atom. The minimum atomic E-state index is -0.507. The molecule has 0 spiro atoms. The number of nitrogens with one attached hydrogen (secondary N) is 1. The van der Waals surface area contributed by atoms with E-state index in [2.05, 4.69) is 5.32 Å². The summed E-state index contributed by atoms with van der Waals surface area (Å²) in [7, 11) is 0. The van der Waals surface area contributed by atoms with Crippen LogP contribution in [0, 0.1) is 5.92 Å². The number of hydrogen-bond donors (Lipinski definition) is 2. The van der Waals surface area contributed by atoms with Gasteiger partial charge in [-0.3, -0.25) is 9.59 Å². The highest BCUT2D eigenvalue weighted by Crippen LogP contribution is 2.22. The predicted molar refractivity (Wildman–Crippen MR) is 79.5 cm³/mol. The number of nitrogens with zero attached hydrogens (tertiary/aromatic N) is 1. The Balaban J connectivity index is 1.87. The minimum Gasteiger partial charge on any atom is -0.381 e. The Labute approximate surface area is 126 Å². The molecule has 2 heterocycles. The van der Waals surface area contributed by atoms with E-state index in [1.54, 1.807) is 0 Å². The van der Waals surface area contributed by atoms with Crippen LogP contribution in [0.4, 0.5) is 0 Å². The fourth-order valence-corrected chi connectivity index (χ4v) is 3.04. The maximum atomic E-state index is 12.3. The standard InChI is InChI=1S/C15H27N3O3/c1-15(2,3)18-9-11(8-12(18)19)17-14(20)13(16)10-4-6-21-7-5-10/h10-11,13H,4-9,16H2,1-3H3,(H,17,20). The van der Waals surface area contributed by atoms with Crippen molar-refractivity contribution in [1.29, 1.82) is 0 Å². The number of rotatable bonds is 3. The van der Waals surface area contributed by atoms with Gasteiger partial charge in [0.05, 0.1) is 12.1 Å². The Morgan fingerprint density at radius 2 is 2.00 bits per heavy atom. The van der Waals surface area contributed by atoms with Gasteiger partial charge in [-0.2, -0.15) is 0 Å². The van der Waals surface area contributed by atoms with Crippen molar-refractivity contribution in [2.24, 2.45) is 11.7 Å². The van der Waals surface area contributed by atoms with Crippen molar-refractivity contribution in [3.05, 3.63) is 0 Å². The van der Waals surface area contributed by atoms with Crippen molar-refractivity contribution in [2.75, 3.05) is 19.8 Å². The second-order valence-electron chi connectivity index (χ2n) is 7.06. The summed E-state index contributed by atoms with van der Waals surface area (Å²) in [5.74, 6) is 0.123. The first-order valence-corrected chi connectivity index (χ1v) is 7.73. The summed E-state index contributed by atoms with van der Waals surface area (Å²) in [5, 5.41) is 2.94. The van der Waals surface area contributed by atoms with Crippen LogP contribution >= 0.6 is 0 Å². The quantitative estimate of drug-likeness (QED) is 0.782. The smallest absolute Gasteiger partial charge is 0.237 e. The van der Waals surface area contributed by atoms with E-state index in [-0.39, 0.29) is 29.3 Å². The maximum absolute atomic E-state index is 12.3. The van der Waals surface area contributed by atoms with E-state index in [4.69, 9.17) is 10.5 Å². The molecule has 2 atom stereocenters. The SMILES string of the molecule is CC(C)(C)N1CC(NC(=O)C(N)C2CCOCC2)CC1=O. The lowest BCUT2D eigenvalue weighted by molar-refractivity contribution is -0.131. The van der Waals surface area contributed by atoms with Gasteiger partial charge in [0.15, 0.2) is 0 Å². The summed E-state index contributed by atoms with van der Waals surface area (Å²) in [6.45, 7) is 7.92. The average molecular weight is 297 g/mol. The van der Waals surface area contributed by atoms with Crippen LogP contribution in [-0.4, -0.2) is 54.1 Å². The van der Waals surface area contributed by atoms with E-state index in [1.807, 2.05) is 25.7 Å². The van der Waals surface area contributed by atoms with Gasteiger partial charge in [-0.25, -0.2) is 0 Å². The van der Waals surface area contributed by atoms with E-state index in [9.17, 15) is 9.59 Å². The third kappa shape index (κ3) is 3.95. The first-order valence-electron chi connectivity index (χ1n) is 7.73. The Hall–Kier alpha value is -1.14. The lowest BCUT2D eigenvalue weighted by Crippen LogP contribution is -2.51. The highest BCUT2D eigenvalue weighted by molar-refractivity contribution is 5.85. The van der Waals surface area contributed by atoms with E-state index in [0.29, 0.717) is 26.2 Å². The Bertz CT molecular complexity index is 399. The van der Waals surface area contributed by atoms with Crippen LogP contribution in [0.3, 0.4) is 0 Å². The van der Waals surface area contributed by atoms with Crippen LogP contribution in [0.15, 0.2) is 0 Å². The second kappa shape index (κ2) is 6.32. The number of amides is 2. The van der Waals surface area contributed by atoms with Crippen LogP contribution in [0.1, 0.15) is 40.0 Å². The van der Waals surface area contributed by atoms with E-state index < -0.39 is 6.04 Å². The zero-order valence-corrected chi connectivity index (χ0v) is 13.2. The largest absolute Gasteiger partial charge is 0.381 e. The Morgan fingerprint density at radius 3 is 2.52 bits per heavy atom. The van der Waals surface area contributed by atoms with Gasteiger partial charge >= 0.3 is 0 Å². The van der Waals surface area contributed by atoms with Crippen LogP contribution in [0.2, 0.25) is 0 Å². The monoisotopic (exact) mass is 297 g/mol. The summed E-state index contributed by atoms with van der Waals surface area (Å²) in [5.41, 5.74) is 5.85. The topological polar surface area (TPSA) is 84.7 Å². The number of carbonyl (C=O) groups excluding carboxylic acids is 2. The zero-order chi connectivity index (χ0) is 15.6. The fraction of sp³-hybridized carbons (Fsp3) is 0.867. The molecule has 0 aromatic carbocycles. The van der Waals surface area contributed by atoms with Gasteiger partial charge < -0.3 is 20.7 Å². The van der Waals surface area contributed by atoms with Gasteiger partial charge in [0.2, 0.25) is 11.8 Å². The molecule has 6 heteroatoms. The van der Waals surface area contributed by atoms with Crippen molar-refractivity contribution in [1.82, 2.24) is 10.2 Å². The molecule has 0 aromatic heterocycles. The lowest BCUT2D eigenvalue weighted by atomic mass is 9.91. The van der Waals surface area contributed by atoms with E-state index >= 15 is 0 Å². The molecular weight excluding hydrogens is 270 g/mol. The fourth-order valence-electron chi connectivity index (χ4n) is 3.04. The zero-order valence-electron chi connectivity index (χ0n) is 13.2. The van der Waals surface area contributed by atoms with Gasteiger partial charge in [0.25, 0.3) is 0 Å². The Kier molecular flexibility index (Phi) is 4.88. The molecule has 6 nitrogen and oxygen atoms in total. The van der Waals surface area contributed by atoms with Crippen molar-refractivity contribution in [3.8, 4) is 0 Å². The highest BCUT2D eigenvalue weighted by atomic mass is 16.5. The van der Waals surface area contributed by atoms with Crippen molar-refractivity contribution in [3.63, 3.8) is 0 Å². The third-order valence-electron chi connectivity index (χ3n) is 4.36. The third-order valence-corrected chi connectivity index (χ3v) is 4.36. The summed E-state index contributed by atoms with van der Waals surface area (Å²) < 4.78 is 5.29. The lowest BCUT2D eigenvalue weighted by Gasteiger charge is -2.32. The van der Waals surface area contributed by atoms with Crippen LogP contribution in [0.25, 0.3) is 0 Å². The summed E-state index contributed by atoms with van der Waals surface area (Å²) in [4.78, 5) is 26.1. The molecule has 21 heavy (non-hydrogen) atoms. The molecule has 0 bridgehead atoms. The molecule has 2 amide bonds. The van der Waals surface area contributed by atoms with Crippen molar-refractivity contribution in [2.45, 2.75) is 57.7 Å². The summed E-state index contributed by atoms with van der Waals surface area (Å²) in [6.07, 6.45) is 2.02. The molecule has 2 unspecified atom stereocenters. The number of hydrogen-bond acceptors (Lipinski definition) is 4. The van der Waals surface area contributed by atoms with Crippen LogP contribution in [-0.2, 0) is 14.3 Å². The van der Waals surface area contributed by atoms with Gasteiger partial charge in [-0.05, 0) is 39.5 Å². The van der Waals surface area contributed by atoms with Gasteiger partial charge in [-0.15, -0.1) is 0 Å². The molecule has 2 aliphatic heterocycles. The van der Waals surface area contributed by atoms with Gasteiger partial charge in [0, 0.05) is 31.7 Å². The predicted octanol–water partition coefficient (Wildman–Crippen LogP) is 0.256. The minimum absolute atomic E-state index is 0.0902. The van der Waals surface area contributed by atoms with E-state index in [1.165, 1.54) is 0 Å². The molecule has 0 radical (unpaired) electrons. The maximum Gasteiger partial charge on any atom is 0.237 e. The number of carbonyl (C=O) groups is 2. The van der Waals surface area contributed by atoms with Gasteiger partial charge in [-0.1, -0.05) is 0 Å². The first kappa shape index (κ1) is 16.2. The van der Waals surface area contributed by atoms with E-state index in [0.717, 1.165) is 12.8 Å². The van der Waals surface area contributed by atoms with Crippen molar-refractivity contribution < 1.29 is 14.3 Å². The molecule has 120 valence electrons. The van der Waals surface area contributed by atoms with Crippen LogP contribution < -0.4 is 11.1 Å². The molecule has 2 saturated heterocycles. The molecule has 2 rings (SSSR count). The number of nitrogens with two attached hydrogens (primary N) is 1. The molecule has 0 aromatic rings. The first-order chi connectivity index (χ1) is 9.79. The average Bonchev–Trinajstić information content (AvgIpc) is 2.79. The van der Waals surface area contributed by atoms with Crippen LogP contribution in [0.5, 0.6) is 0 Å². The molecule has 3 N–H and O–H groups in total. The molecule has 0 aliphatic carbocycles. The summed E-state index contributed by atoms with van der Waals surface area (Å²) in [6, 6.07) is -0.636. The molecule has 0 saturated carbocycles. The molecular formula is C15H27N3O3. The number of likely N-dealkylation sites (tertiary alicyclic amines) is 1.